The van der Waals surface area contributed by atoms with Crippen molar-refractivity contribution in [1.29, 1.82) is 0 Å². The maximum absolute atomic E-state index is 6.28. The van der Waals surface area contributed by atoms with Crippen molar-refractivity contribution in [2.24, 2.45) is 5.73 Å². The summed E-state index contributed by atoms with van der Waals surface area (Å²) in [7, 11) is 3.98. The zero-order chi connectivity index (χ0) is 12.4. The highest BCUT2D eigenvalue weighted by atomic mass is 35.5. The Morgan fingerprint density at radius 1 is 1.29 bits per heavy atom. The van der Waals surface area contributed by atoms with Crippen LogP contribution in [0.3, 0.4) is 0 Å². The third kappa shape index (κ3) is 2.63. The lowest BCUT2D eigenvalue weighted by Crippen LogP contribution is -2.13. The van der Waals surface area contributed by atoms with Gasteiger partial charge in [-0.3, -0.25) is 0 Å². The quantitative estimate of drug-likeness (QED) is 0.921. The molecule has 2 rings (SSSR count). The topological polar surface area (TPSA) is 29.3 Å². The highest BCUT2D eigenvalue weighted by molar-refractivity contribution is 7.08. The first-order valence-electron chi connectivity index (χ1n) is 5.34. The molecular formula is C13H15ClN2S. The molecule has 0 aliphatic rings. The van der Waals surface area contributed by atoms with Crippen LogP contribution in [0.5, 0.6) is 0 Å². The predicted molar refractivity (Wildman–Crippen MR) is 76.1 cm³/mol. The van der Waals surface area contributed by atoms with Gasteiger partial charge in [0.1, 0.15) is 0 Å². The molecule has 1 atom stereocenters. The van der Waals surface area contributed by atoms with Crippen molar-refractivity contribution in [2.45, 2.75) is 6.04 Å². The van der Waals surface area contributed by atoms with Crippen LogP contribution in [0.4, 0.5) is 5.69 Å². The molecule has 0 fully saturated rings. The summed E-state index contributed by atoms with van der Waals surface area (Å²) in [5, 5.41) is 4.80. The Labute approximate surface area is 111 Å². The molecule has 0 saturated carbocycles. The van der Waals surface area contributed by atoms with Gasteiger partial charge in [-0.1, -0.05) is 17.7 Å². The average molecular weight is 267 g/mol. The molecule has 1 aromatic heterocycles. The number of nitrogens with zero attached hydrogens (tertiary/aromatic N) is 1. The lowest BCUT2D eigenvalue weighted by atomic mass is 10.0. The second kappa shape index (κ2) is 5.08. The van der Waals surface area contributed by atoms with Crippen LogP contribution >= 0.6 is 22.9 Å². The molecule has 1 aromatic carbocycles. The summed E-state index contributed by atoms with van der Waals surface area (Å²) in [6, 6.07) is 7.87. The molecule has 90 valence electrons. The maximum Gasteiger partial charge on any atom is 0.0574 e. The molecule has 0 aliphatic heterocycles. The van der Waals surface area contributed by atoms with Gasteiger partial charge in [-0.25, -0.2) is 0 Å². The SMILES string of the molecule is CN(C)c1ccc([C@H](N)c2ccsc2)c(Cl)c1. The third-order valence-corrected chi connectivity index (χ3v) is 3.77. The minimum absolute atomic E-state index is 0.148. The number of halogens is 1. The molecule has 0 aliphatic carbocycles. The number of thiophene rings is 1. The molecule has 0 saturated heterocycles. The molecule has 1 heterocycles. The number of hydrogen-bond acceptors (Lipinski definition) is 3. The lowest BCUT2D eigenvalue weighted by Gasteiger charge is -2.17. The van der Waals surface area contributed by atoms with Gasteiger partial charge in [-0.15, -0.1) is 0 Å². The van der Waals surface area contributed by atoms with Crippen LogP contribution in [0.25, 0.3) is 0 Å². The van der Waals surface area contributed by atoms with Crippen molar-refractivity contribution in [2.75, 3.05) is 19.0 Å². The Balaban J connectivity index is 2.34. The van der Waals surface area contributed by atoms with Gasteiger partial charge < -0.3 is 10.6 Å². The summed E-state index contributed by atoms with van der Waals surface area (Å²) in [5.74, 6) is 0. The number of anilines is 1. The van der Waals surface area contributed by atoms with Crippen molar-refractivity contribution < 1.29 is 0 Å². The van der Waals surface area contributed by atoms with Gasteiger partial charge in [0.2, 0.25) is 0 Å². The van der Waals surface area contributed by atoms with Crippen molar-refractivity contribution in [1.82, 2.24) is 0 Å². The fourth-order valence-corrected chi connectivity index (χ4v) is 2.67. The Morgan fingerprint density at radius 2 is 2.06 bits per heavy atom. The maximum atomic E-state index is 6.28. The Hall–Kier alpha value is -1.03. The van der Waals surface area contributed by atoms with E-state index in [2.05, 4.69) is 5.38 Å². The molecule has 0 unspecified atom stereocenters. The van der Waals surface area contributed by atoms with Crippen molar-refractivity contribution in [3.8, 4) is 0 Å². The monoisotopic (exact) mass is 266 g/mol. The van der Waals surface area contributed by atoms with Gasteiger partial charge in [0, 0.05) is 24.8 Å². The normalized spacial score (nSPS) is 12.5. The summed E-state index contributed by atoms with van der Waals surface area (Å²) in [5.41, 5.74) is 9.35. The Morgan fingerprint density at radius 3 is 2.59 bits per heavy atom. The smallest absolute Gasteiger partial charge is 0.0574 e. The van der Waals surface area contributed by atoms with Crippen LogP contribution in [0, 0.1) is 0 Å². The summed E-state index contributed by atoms with van der Waals surface area (Å²) >= 11 is 7.93. The molecule has 4 heteroatoms. The largest absolute Gasteiger partial charge is 0.378 e. The first-order chi connectivity index (χ1) is 8.09. The van der Waals surface area contributed by atoms with Crippen molar-refractivity contribution in [3.63, 3.8) is 0 Å². The van der Waals surface area contributed by atoms with Gasteiger partial charge in [0.25, 0.3) is 0 Å². The average Bonchev–Trinajstić information content (AvgIpc) is 2.81. The van der Waals surface area contributed by atoms with Crippen LogP contribution in [0.2, 0.25) is 5.02 Å². The van der Waals surface area contributed by atoms with Gasteiger partial charge in [0.05, 0.1) is 6.04 Å². The van der Waals surface area contributed by atoms with Crippen LogP contribution in [-0.4, -0.2) is 14.1 Å². The third-order valence-electron chi connectivity index (χ3n) is 2.74. The van der Waals surface area contributed by atoms with E-state index in [4.69, 9.17) is 17.3 Å². The first kappa shape index (κ1) is 12.4. The van der Waals surface area contributed by atoms with E-state index in [1.54, 1.807) is 11.3 Å². The number of nitrogens with two attached hydrogens (primary N) is 1. The number of benzene rings is 1. The summed E-state index contributed by atoms with van der Waals surface area (Å²) in [6.45, 7) is 0. The summed E-state index contributed by atoms with van der Waals surface area (Å²) in [4.78, 5) is 2.02. The van der Waals surface area contributed by atoms with Crippen molar-refractivity contribution >= 4 is 28.6 Å². The van der Waals surface area contributed by atoms with E-state index >= 15 is 0 Å². The lowest BCUT2D eigenvalue weighted by molar-refractivity contribution is 0.876. The predicted octanol–water partition coefficient (Wildman–Crippen LogP) is 3.52. The standard InChI is InChI=1S/C13H15ClN2S/c1-16(2)10-3-4-11(12(14)7-10)13(15)9-5-6-17-8-9/h3-8,13H,15H2,1-2H3/t13-/m1/s1. The fourth-order valence-electron chi connectivity index (χ4n) is 1.68. The van der Waals surface area contributed by atoms with E-state index < -0.39 is 0 Å². The fraction of sp³-hybridized carbons (Fsp3) is 0.231. The molecule has 17 heavy (non-hydrogen) atoms. The summed E-state index contributed by atoms with van der Waals surface area (Å²) < 4.78 is 0. The molecular weight excluding hydrogens is 252 g/mol. The van der Waals surface area contributed by atoms with Crippen LogP contribution in [0.15, 0.2) is 35.0 Å². The molecule has 2 nitrogen and oxygen atoms in total. The van der Waals surface area contributed by atoms with Crippen molar-refractivity contribution in [3.05, 3.63) is 51.2 Å². The number of rotatable bonds is 3. The minimum atomic E-state index is -0.148. The molecule has 2 aromatic rings. The minimum Gasteiger partial charge on any atom is -0.378 e. The van der Waals surface area contributed by atoms with Gasteiger partial charge in [-0.2, -0.15) is 11.3 Å². The van der Waals surface area contributed by atoms with Crippen LogP contribution < -0.4 is 10.6 Å². The molecule has 0 amide bonds. The van der Waals surface area contributed by atoms with Gasteiger partial charge in [0.15, 0.2) is 0 Å². The summed E-state index contributed by atoms with van der Waals surface area (Å²) in [6.07, 6.45) is 0. The molecule has 0 spiro atoms. The zero-order valence-corrected chi connectivity index (χ0v) is 11.4. The Bertz CT molecular complexity index is 494. The first-order valence-corrected chi connectivity index (χ1v) is 6.66. The second-order valence-corrected chi connectivity index (χ2v) is 5.32. The van der Waals surface area contributed by atoms with E-state index in [1.165, 1.54) is 0 Å². The molecule has 0 radical (unpaired) electrons. The van der Waals surface area contributed by atoms with E-state index in [-0.39, 0.29) is 6.04 Å². The molecule has 0 bridgehead atoms. The van der Waals surface area contributed by atoms with Gasteiger partial charge in [-0.05, 0) is 40.1 Å². The van der Waals surface area contributed by atoms with Crippen LogP contribution in [-0.2, 0) is 0 Å². The van der Waals surface area contributed by atoms with E-state index in [9.17, 15) is 0 Å². The van der Waals surface area contributed by atoms with Crippen LogP contribution in [0.1, 0.15) is 17.2 Å². The zero-order valence-electron chi connectivity index (χ0n) is 9.85. The highest BCUT2D eigenvalue weighted by Gasteiger charge is 2.13. The van der Waals surface area contributed by atoms with E-state index in [0.717, 1.165) is 21.8 Å². The molecule has 2 N–H and O–H groups in total. The number of hydrogen-bond donors (Lipinski definition) is 1. The van der Waals surface area contributed by atoms with E-state index in [0.29, 0.717) is 0 Å². The highest BCUT2D eigenvalue weighted by Crippen LogP contribution is 2.30. The second-order valence-electron chi connectivity index (χ2n) is 4.13. The van der Waals surface area contributed by atoms with E-state index in [1.807, 2.05) is 48.6 Å². The Kier molecular flexibility index (Phi) is 3.72. The van der Waals surface area contributed by atoms with Gasteiger partial charge >= 0.3 is 0 Å².